The SMILES string of the molecule is C1CNCCN1.CCO[C@@H](Cc1ccc(OCCN2c3ccccc3Sc3ccccc32)cc1)C(=O)O. The van der Waals surface area contributed by atoms with Crippen molar-refractivity contribution in [2.24, 2.45) is 0 Å². The van der Waals surface area contributed by atoms with Gasteiger partial charge in [-0.2, -0.15) is 0 Å². The van der Waals surface area contributed by atoms with Crippen molar-refractivity contribution in [2.75, 3.05) is 50.8 Å². The zero-order chi connectivity index (χ0) is 25.9. The Kier molecular flexibility index (Phi) is 10.3. The van der Waals surface area contributed by atoms with Crippen LogP contribution in [0.5, 0.6) is 5.75 Å². The third-order valence-electron chi connectivity index (χ3n) is 6.06. The quantitative estimate of drug-likeness (QED) is 0.378. The summed E-state index contributed by atoms with van der Waals surface area (Å²) in [5.41, 5.74) is 3.30. The molecule has 5 rings (SSSR count). The summed E-state index contributed by atoms with van der Waals surface area (Å²) in [6, 6.07) is 24.4. The first-order valence-electron chi connectivity index (χ1n) is 12.8. The van der Waals surface area contributed by atoms with Crippen LogP contribution in [-0.2, 0) is 16.0 Å². The fourth-order valence-corrected chi connectivity index (χ4v) is 5.33. The number of benzene rings is 3. The summed E-state index contributed by atoms with van der Waals surface area (Å²) in [5, 5.41) is 15.7. The maximum Gasteiger partial charge on any atom is 0.333 e. The average Bonchev–Trinajstić information content (AvgIpc) is 2.94. The third kappa shape index (κ3) is 7.72. The molecule has 2 aliphatic heterocycles. The molecule has 0 amide bonds. The summed E-state index contributed by atoms with van der Waals surface area (Å²) in [6.45, 7) is 7.98. The van der Waals surface area contributed by atoms with E-state index < -0.39 is 12.1 Å². The topological polar surface area (TPSA) is 83.1 Å². The molecule has 37 heavy (non-hydrogen) atoms. The Morgan fingerprint density at radius 2 is 1.49 bits per heavy atom. The number of fused-ring (bicyclic) bond motifs is 2. The first kappa shape index (κ1) is 27.0. The van der Waals surface area contributed by atoms with Crippen LogP contribution in [0, 0.1) is 0 Å². The van der Waals surface area contributed by atoms with Gasteiger partial charge in [0.1, 0.15) is 12.4 Å². The van der Waals surface area contributed by atoms with Crippen molar-refractivity contribution in [1.82, 2.24) is 10.6 Å². The molecule has 0 bridgehead atoms. The van der Waals surface area contributed by atoms with Crippen LogP contribution in [-0.4, -0.2) is 63.1 Å². The number of carboxylic acid groups (broad SMARTS) is 1. The van der Waals surface area contributed by atoms with Gasteiger partial charge in [0.2, 0.25) is 0 Å². The fraction of sp³-hybridized carbons (Fsp3) is 0.345. The van der Waals surface area contributed by atoms with E-state index in [2.05, 4.69) is 64.1 Å². The molecule has 1 saturated heterocycles. The molecule has 0 spiro atoms. The maximum atomic E-state index is 11.3. The number of rotatable bonds is 9. The molecule has 8 heteroatoms. The van der Waals surface area contributed by atoms with E-state index in [0.29, 0.717) is 19.6 Å². The van der Waals surface area contributed by atoms with Crippen LogP contribution in [0.4, 0.5) is 11.4 Å². The summed E-state index contributed by atoms with van der Waals surface area (Å²) in [6.07, 6.45) is -0.489. The number of ether oxygens (including phenoxy) is 2. The lowest BCUT2D eigenvalue weighted by atomic mass is 10.1. The van der Waals surface area contributed by atoms with Gasteiger partial charge in [0.15, 0.2) is 6.10 Å². The molecule has 3 N–H and O–H groups in total. The zero-order valence-electron chi connectivity index (χ0n) is 21.2. The number of hydrogen-bond donors (Lipinski definition) is 3. The molecule has 1 fully saturated rings. The predicted octanol–water partition coefficient (Wildman–Crippen LogP) is 4.58. The first-order valence-corrected chi connectivity index (χ1v) is 13.6. The molecule has 0 unspecified atom stereocenters. The van der Waals surface area contributed by atoms with Crippen LogP contribution in [0.3, 0.4) is 0 Å². The highest BCUT2D eigenvalue weighted by Gasteiger charge is 2.22. The smallest absolute Gasteiger partial charge is 0.333 e. The normalized spacial score (nSPS) is 15.0. The molecular weight excluding hydrogens is 486 g/mol. The van der Waals surface area contributed by atoms with E-state index in [0.717, 1.165) is 44.0 Å². The van der Waals surface area contributed by atoms with Crippen molar-refractivity contribution < 1.29 is 19.4 Å². The molecule has 3 aromatic carbocycles. The number of nitrogens with zero attached hydrogens (tertiary/aromatic N) is 1. The van der Waals surface area contributed by atoms with E-state index in [1.165, 1.54) is 21.2 Å². The van der Waals surface area contributed by atoms with Gasteiger partial charge in [-0.25, -0.2) is 4.79 Å². The number of hydrogen-bond acceptors (Lipinski definition) is 7. The number of para-hydroxylation sites is 2. The molecule has 2 aliphatic rings. The van der Waals surface area contributed by atoms with Gasteiger partial charge in [-0.15, -0.1) is 0 Å². The van der Waals surface area contributed by atoms with Gasteiger partial charge in [0.05, 0.1) is 17.9 Å². The highest BCUT2D eigenvalue weighted by Crippen LogP contribution is 2.47. The van der Waals surface area contributed by atoms with Gasteiger partial charge in [-0.3, -0.25) is 0 Å². The summed E-state index contributed by atoms with van der Waals surface area (Å²) in [7, 11) is 0. The lowest BCUT2D eigenvalue weighted by Crippen LogP contribution is -2.39. The van der Waals surface area contributed by atoms with E-state index in [1.807, 2.05) is 24.3 Å². The van der Waals surface area contributed by atoms with Crippen molar-refractivity contribution in [2.45, 2.75) is 29.2 Å². The minimum Gasteiger partial charge on any atom is -0.492 e. The number of piperazine rings is 1. The second-order valence-electron chi connectivity index (χ2n) is 8.67. The van der Waals surface area contributed by atoms with Gasteiger partial charge in [-0.05, 0) is 48.9 Å². The van der Waals surface area contributed by atoms with E-state index in [1.54, 1.807) is 18.7 Å². The molecule has 2 heterocycles. The highest BCUT2D eigenvalue weighted by molar-refractivity contribution is 7.99. The second kappa shape index (κ2) is 14.0. The molecule has 7 nitrogen and oxygen atoms in total. The lowest BCUT2D eigenvalue weighted by molar-refractivity contribution is -0.149. The molecule has 0 saturated carbocycles. The van der Waals surface area contributed by atoms with Crippen LogP contribution in [0.1, 0.15) is 12.5 Å². The standard InChI is InChI=1S/C25H25NO4S.C4H10N2/c1-2-29-22(25(27)28)17-18-11-13-19(14-12-18)30-16-15-26-20-7-3-5-9-23(20)31-24-10-6-4-8-21(24)26;1-2-6-4-3-5-1/h3-14,22H,2,15-17H2,1H3,(H,27,28);5-6H,1-4H2/t22-;/m0./s1. The maximum absolute atomic E-state index is 11.3. The number of carboxylic acids is 1. The van der Waals surface area contributed by atoms with Crippen molar-refractivity contribution in [1.29, 1.82) is 0 Å². The zero-order valence-corrected chi connectivity index (χ0v) is 22.0. The van der Waals surface area contributed by atoms with E-state index in [-0.39, 0.29) is 0 Å². The van der Waals surface area contributed by atoms with Crippen molar-refractivity contribution in [3.63, 3.8) is 0 Å². The second-order valence-corrected chi connectivity index (χ2v) is 9.75. The summed E-state index contributed by atoms with van der Waals surface area (Å²) in [4.78, 5) is 16.1. The molecule has 0 radical (unpaired) electrons. The van der Waals surface area contributed by atoms with E-state index in [4.69, 9.17) is 9.47 Å². The van der Waals surface area contributed by atoms with Gasteiger partial charge in [-0.1, -0.05) is 48.2 Å². The van der Waals surface area contributed by atoms with Crippen molar-refractivity contribution >= 4 is 29.1 Å². The van der Waals surface area contributed by atoms with Gasteiger partial charge in [0.25, 0.3) is 0 Å². The molecule has 196 valence electrons. The van der Waals surface area contributed by atoms with Crippen LogP contribution in [0.25, 0.3) is 0 Å². The molecular formula is C29H35N3O4S. The summed E-state index contributed by atoms with van der Waals surface area (Å²) >= 11 is 1.79. The van der Waals surface area contributed by atoms with Crippen molar-refractivity contribution in [3.05, 3.63) is 78.4 Å². The monoisotopic (exact) mass is 521 g/mol. The Hall–Kier alpha value is -3.04. The molecule has 3 aromatic rings. The number of aliphatic carboxylic acids is 1. The van der Waals surface area contributed by atoms with Crippen LogP contribution in [0.2, 0.25) is 0 Å². The average molecular weight is 522 g/mol. The predicted molar refractivity (Wildman–Crippen MR) is 148 cm³/mol. The fourth-order valence-electron chi connectivity index (χ4n) is 4.23. The largest absolute Gasteiger partial charge is 0.492 e. The van der Waals surface area contributed by atoms with Crippen molar-refractivity contribution in [3.8, 4) is 5.75 Å². The Labute approximate surface area is 223 Å². The Morgan fingerprint density at radius 1 is 0.919 bits per heavy atom. The highest BCUT2D eigenvalue weighted by atomic mass is 32.2. The van der Waals surface area contributed by atoms with Gasteiger partial charge < -0.3 is 30.1 Å². The van der Waals surface area contributed by atoms with Gasteiger partial charge >= 0.3 is 5.97 Å². The van der Waals surface area contributed by atoms with Crippen LogP contribution >= 0.6 is 11.8 Å². The molecule has 0 aliphatic carbocycles. The lowest BCUT2D eigenvalue weighted by Gasteiger charge is -2.32. The third-order valence-corrected chi connectivity index (χ3v) is 7.19. The van der Waals surface area contributed by atoms with Crippen LogP contribution in [0.15, 0.2) is 82.6 Å². The molecule has 1 atom stereocenters. The van der Waals surface area contributed by atoms with E-state index in [9.17, 15) is 9.90 Å². The minimum atomic E-state index is -0.942. The number of nitrogens with one attached hydrogen (secondary N) is 2. The number of carbonyl (C=O) groups is 1. The molecule has 0 aromatic heterocycles. The first-order chi connectivity index (χ1) is 18.2. The summed E-state index contributed by atoms with van der Waals surface area (Å²) < 4.78 is 11.3. The Balaban J connectivity index is 0.000000469. The van der Waals surface area contributed by atoms with E-state index >= 15 is 0 Å². The van der Waals surface area contributed by atoms with Gasteiger partial charge in [0, 0.05) is 49.0 Å². The minimum absolute atomic E-state index is 0.336. The number of anilines is 2. The Bertz CT molecular complexity index is 1080. The summed E-state index contributed by atoms with van der Waals surface area (Å²) in [5.74, 6) is -0.178. The van der Waals surface area contributed by atoms with Crippen LogP contribution < -0.4 is 20.3 Å². The Morgan fingerprint density at radius 3 is 2.00 bits per heavy atom.